The molecule has 0 bridgehead atoms. The molecule has 0 aliphatic rings. The maximum atomic E-state index is 11.0. The van der Waals surface area contributed by atoms with Gasteiger partial charge in [0.1, 0.15) is 0 Å². The Balaban J connectivity index is 2.15. The molecule has 0 amide bonds. The molecule has 3 aromatic carbocycles. The van der Waals surface area contributed by atoms with Crippen molar-refractivity contribution >= 4 is 5.97 Å². The first kappa shape index (κ1) is 14.1. The number of carboxylic acids is 1. The van der Waals surface area contributed by atoms with Gasteiger partial charge in [-0.2, -0.15) is 0 Å². The van der Waals surface area contributed by atoms with Crippen molar-refractivity contribution in [3.63, 3.8) is 0 Å². The Bertz CT molecular complexity index is 777. The average molecular weight is 288 g/mol. The molecule has 0 radical (unpaired) electrons. The fourth-order valence-electron chi connectivity index (χ4n) is 2.60. The molecule has 0 fully saturated rings. The second kappa shape index (κ2) is 6.27. The second-order valence-corrected chi connectivity index (χ2v) is 5.18. The number of rotatable bonds is 4. The van der Waals surface area contributed by atoms with E-state index in [1.54, 1.807) is 0 Å². The first-order chi connectivity index (χ1) is 10.7. The summed E-state index contributed by atoms with van der Waals surface area (Å²) in [6, 6.07) is 26.1. The molecular formula is C20H16O2. The normalized spacial score (nSPS) is 10.4. The SMILES string of the molecule is O=C(O)Cc1ccc(-c2ccccc2)c(-c2ccccc2)c1. The van der Waals surface area contributed by atoms with Crippen molar-refractivity contribution in [2.45, 2.75) is 6.42 Å². The Morgan fingerprint density at radius 2 is 1.27 bits per heavy atom. The number of aliphatic carboxylic acids is 1. The van der Waals surface area contributed by atoms with Crippen molar-refractivity contribution < 1.29 is 9.90 Å². The zero-order valence-electron chi connectivity index (χ0n) is 12.1. The van der Waals surface area contributed by atoms with Crippen molar-refractivity contribution in [3.05, 3.63) is 84.4 Å². The third-order valence-corrected chi connectivity index (χ3v) is 3.61. The predicted octanol–water partition coefficient (Wildman–Crippen LogP) is 4.65. The smallest absolute Gasteiger partial charge is 0.307 e. The number of hydrogen-bond donors (Lipinski definition) is 1. The van der Waals surface area contributed by atoms with E-state index in [0.717, 1.165) is 27.8 Å². The third kappa shape index (κ3) is 3.07. The molecule has 0 saturated heterocycles. The highest BCUT2D eigenvalue weighted by Crippen LogP contribution is 2.33. The van der Waals surface area contributed by atoms with E-state index in [1.807, 2.05) is 66.7 Å². The van der Waals surface area contributed by atoms with Gasteiger partial charge in [0.05, 0.1) is 6.42 Å². The van der Waals surface area contributed by atoms with Crippen LogP contribution in [0.2, 0.25) is 0 Å². The van der Waals surface area contributed by atoms with E-state index >= 15 is 0 Å². The van der Waals surface area contributed by atoms with Gasteiger partial charge in [-0.05, 0) is 33.9 Å². The quantitative estimate of drug-likeness (QED) is 0.759. The highest BCUT2D eigenvalue weighted by Gasteiger charge is 2.10. The van der Waals surface area contributed by atoms with Gasteiger partial charge in [-0.1, -0.05) is 72.8 Å². The molecule has 3 aromatic rings. The largest absolute Gasteiger partial charge is 0.481 e. The molecule has 2 nitrogen and oxygen atoms in total. The van der Waals surface area contributed by atoms with Crippen LogP contribution in [0.25, 0.3) is 22.3 Å². The maximum absolute atomic E-state index is 11.0. The van der Waals surface area contributed by atoms with E-state index in [-0.39, 0.29) is 6.42 Å². The summed E-state index contributed by atoms with van der Waals surface area (Å²) in [7, 11) is 0. The Morgan fingerprint density at radius 1 is 0.727 bits per heavy atom. The fourth-order valence-corrected chi connectivity index (χ4v) is 2.60. The first-order valence-electron chi connectivity index (χ1n) is 7.19. The lowest BCUT2D eigenvalue weighted by Crippen LogP contribution is -2.00. The summed E-state index contributed by atoms with van der Waals surface area (Å²) >= 11 is 0. The van der Waals surface area contributed by atoms with Crippen LogP contribution < -0.4 is 0 Å². The van der Waals surface area contributed by atoms with Crippen LogP contribution in [-0.4, -0.2) is 11.1 Å². The van der Waals surface area contributed by atoms with Gasteiger partial charge in [-0.3, -0.25) is 4.79 Å². The lowest BCUT2D eigenvalue weighted by atomic mass is 9.92. The summed E-state index contributed by atoms with van der Waals surface area (Å²) in [6.45, 7) is 0. The molecule has 0 aliphatic carbocycles. The highest BCUT2D eigenvalue weighted by atomic mass is 16.4. The number of hydrogen-bond acceptors (Lipinski definition) is 1. The van der Waals surface area contributed by atoms with Crippen molar-refractivity contribution in [1.29, 1.82) is 0 Å². The maximum Gasteiger partial charge on any atom is 0.307 e. The summed E-state index contributed by atoms with van der Waals surface area (Å²) < 4.78 is 0. The summed E-state index contributed by atoms with van der Waals surface area (Å²) in [5.41, 5.74) is 5.20. The van der Waals surface area contributed by atoms with Crippen LogP contribution in [0.15, 0.2) is 78.9 Å². The van der Waals surface area contributed by atoms with Crippen LogP contribution in [0.5, 0.6) is 0 Å². The van der Waals surface area contributed by atoms with Crippen molar-refractivity contribution in [2.24, 2.45) is 0 Å². The minimum absolute atomic E-state index is 0.0366. The summed E-state index contributed by atoms with van der Waals surface area (Å²) in [4.78, 5) is 11.0. The standard InChI is InChI=1S/C20H16O2/c21-20(22)14-15-11-12-18(16-7-3-1-4-8-16)19(13-15)17-9-5-2-6-10-17/h1-13H,14H2,(H,21,22). The van der Waals surface area contributed by atoms with E-state index in [9.17, 15) is 4.79 Å². The van der Waals surface area contributed by atoms with Crippen molar-refractivity contribution in [3.8, 4) is 22.3 Å². The minimum atomic E-state index is -0.813. The predicted molar refractivity (Wildman–Crippen MR) is 88.7 cm³/mol. The lowest BCUT2D eigenvalue weighted by molar-refractivity contribution is -0.136. The number of carbonyl (C=O) groups is 1. The van der Waals surface area contributed by atoms with Crippen LogP contribution in [0, 0.1) is 0 Å². The van der Waals surface area contributed by atoms with Gasteiger partial charge in [0, 0.05) is 0 Å². The van der Waals surface area contributed by atoms with Gasteiger partial charge in [0.15, 0.2) is 0 Å². The van der Waals surface area contributed by atoms with E-state index < -0.39 is 5.97 Å². The lowest BCUT2D eigenvalue weighted by Gasteiger charge is -2.12. The van der Waals surface area contributed by atoms with E-state index in [1.165, 1.54) is 0 Å². The Kier molecular flexibility index (Phi) is 4.01. The van der Waals surface area contributed by atoms with Crippen molar-refractivity contribution in [2.75, 3.05) is 0 Å². The monoisotopic (exact) mass is 288 g/mol. The molecule has 2 heteroatoms. The van der Waals surface area contributed by atoms with Gasteiger partial charge in [-0.25, -0.2) is 0 Å². The molecule has 0 aromatic heterocycles. The molecule has 3 rings (SSSR count). The van der Waals surface area contributed by atoms with Gasteiger partial charge >= 0.3 is 5.97 Å². The molecule has 22 heavy (non-hydrogen) atoms. The van der Waals surface area contributed by atoms with Gasteiger partial charge in [0.25, 0.3) is 0 Å². The van der Waals surface area contributed by atoms with Crippen LogP contribution in [0.4, 0.5) is 0 Å². The average Bonchev–Trinajstić information content (AvgIpc) is 2.56. The van der Waals surface area contributed by atoms with E-state index in [2.05, 4.69) is 12.1 Å². The Hall–Kier alpha value is -2.87. The van der Waals surface area contributed by atoms with Crippen LogP contribution in [0.1, 0.15) is 5.56 Å². The fraction of sp³-hybridized carbons (Fsp3) is 0.0500. The third-order valence-electron chi connectivity index (χ3n) is 3.61. The summed E-state index contributed by atoms with van der Waals surface area (Å²) in [5.74, 6) is -0.813. The minimum Gasteiger partial charge on any atom is -0.481 e. The summed E-state index contributed by atoms with van der Waals surface area (Å²) in [6.07, 6.45) is 0.0366. The Morgan fingerprint density at radius 3 is 1.82 bits per heavy atom. The van der Waals surface area contributed by atoms with E-state index in [0.29, 0.717) is 0 Å². The molecule has 0 unspecified atom stereocenters. The van der Waals surface area contributed by atoms with Gasteiger partial charge in [0.2, 0.25) is 0 Å². The second-order valence-electron chi connectivity index (χ2n) is 5.18. The van der Waals surface area contributed by atoms with Crippen molar-refractivity contribution in [1.82, 2.24) is 0 Å². The molecular weight excluding hydrogens is 272 g/mol. The summed E-state index contributed by atoms with van der Waals surface area (Å²) in [5, 5.41) is 9.01. The van der Waals surface area contributed by atoms with Crippen LogP contribution in [-0.2, 0) is 11.2 Å². The Labute approximate surface area is 129 Å². The van der Waals surface area contributed by atoms with Gasteiger partial charge < -0.3 is 5.11 Å². The molecule has 0 aliphatic heterocycles. The topological polar surface area (TPSA) is 37.3 Å². The molecule has 0 spiro atoms. The highest BCUT2D eigenvalue weighted by molar-refractivity contribution is 5.84. The number of benzene rings is 3. The molecule has 0 saturated carbocycles. The zero-order valence-corrected chi connectivity index (χ0v) is 12.1. The molecule has 1 N–H and O–H groups in total. The van der Waals surface area contributed by atoms with E-state index in [4.69, 9.17) is 5.11 Å². The van der Waals surface area contributed by atoms with Crippen LogP contribution >= 0.6 is 0 Å². The molecule has 108 valence electrons. The zero-order chi connectivity index (χ0) is 15.4. The first-order valence-corrected chi connectivity index (χ1v) is 7.19. The van der Waals surface area contributed by atoms with Crippen LogP contribution in [0.3, 0.4) is 0 Å². The molecule has 0 atom stereocenters. The van der Waals surface area contributed by atoms with Gasteiger partial charge in [-0.15, -0.1) is 0 Å². The molecule has 0 heterocycles. The number of carboxylic acid groups (broad SMARTS) is 1.